The lowest BCUT2D eigenvalue weighted by Crippen LogP contribution is -2.26. The third-order valence-electron chi connectivity index (χ3n) is 4.52. The molecule has 0 saturated carbocycles. The minimum atomic E-state index is -0.132. The minimum Gasteiger partial charge on any atom is -0.497 e. The molecule has 0 radical (unpaired) electrons. The van der Waals surface area contributed by atoms with Crippen LogP contribution in [0.3, 0.4) is 0 Å². The molecule has 0 saturated heterocycles. The molecule has 0 fully saturated rings. The van der Waals surface area contributed by atoms with Crippen LogP contribution in [0.4, 0.5) is 0 Å². The van der Waals surface area contributed by atoms with Crippen LogP contribution in [0.25, 0.3) is 11.4 Å². The largest absolute Gasteiger partial charge is 0.497 e. The van der Waals surface area contributed by atoms with E-state index in [9.17, 15) is 4.79 Å². The SMILES string of the molecule is COc1ccc(-c2noc(CC(=O)NCCCCc3ccccc3OC)n2)cc1. The molecule has 1 amide bonds. The molecule has 3 aromatic rings. The third kappa shape index (κ3) is 5.81. The van der Waals surface area contributed by atoms with Crippen LogP contribution in [0.1, 0.15) is 24.3 Å². The normalized spacial score (nSPS) is 10.6. The highest BCUT2D eigenvalue weighted by Crippen LogP contribution is 2.20. The van der Waals surface area contributed by atoms with Gasteiger partial charge in [0, 0.05) is 12.1 Å². The Kier molecular flexibility index (Phi) is 7.22. The average Bonchev–Trinajstić information content (AvgIpc) is 3.22. The molecule has 0 atom stereocenters. The molecule has 7 nitrogen and oxygen atoms in total. The molecule has 0 spiro atoms. The number of carbonyl (C=O) groups excluding carboxylic acids is 1. The fourth-order valence-electron chi connectivity index (χ4n) is 2.96. The van der Waals surface area contributed by atoms with E-state index in [1.165, 1.54) is 5.56 Å². The molecule has 1 aromatic heterocycles. The second-order valence-electron chi connectivity index (χ2n) is 6.54. The van der Waals surface area contributed by atoms with Crippen LogP contribution in [0.15, 0.2) is 53.1 Å². The van der Waals surface area contributed by atoms with Gasteiger partial charge >= 0.3 is 0 Å². The molecule has 0 bridgehead atoms. The number of unbranched alkanes of at least 4 members (excludes halogenated alkanes) is 1. The van der Waals surface area contributed by atoms with Crippen molar-refractivity contribution < 1.29 is 18.8 Å². The summed E-state index contributed by atoms with van der Waals surface area (Å²) in [5.74, 6) is 2.27. The number of hydrogen-bond acceptors (Lipinski definition) is 6. The lowest BCUT2D eigenvalue weighted by atomic mass is 10.1. The molecule has 7 heteroatoms. The number of nitrogens with one attached hydrogen (secondary N) is 1. The van der Waals surface area contributed by atoms with Crippen LogP contribution in [0.5, 0.6) is 11.5 Å². The molecule has 152 valence electrons. The lowest BCUT2D eigenvalue weighted by Gasteiger charge is -2.08. The minimum absolute atomic E-state index is 0.0651. The number of aryl methyl sites for hydroxylation is 1. The van der Waals surface area contributed by atoms with Crippen LogP contribution in [-0.2, 0) is 17.6 Å². The smallest absolute Gasteiger partial charge is 0.236 e. The Hall–Kier alpha value is -3.35. The second-order valence-corrected chi connectivity index (χ2v) is 6.54. The molecule has 1 N–H and O–H groups in total. The summed E-state index contributed by atoms with van der Waals surface area (Å²) in [6.07, 6.45) is 2.82. The van der Waals surface area contributed by atoms with Crippen molar-refractivity contribution in [2.45, 2.75) is 25.7 Å². The standard InChI is InChI=1S/C22H25N3O4/c1-27-18-12-10-17(11-13-18)22-24-21(29-25-22)15-20(26)23-14-6-5-8-16-7-3-4-9-19(16)28-2/h3-4,7,9-13H,5-6,8,14-15H2,1-2H3,(H,23,26). The predicted octanol–water partition coefficient (Wildman–Crippen LogP) is 3.44. The number of carbonyl (C=O) groups is 1. The number of rotatable bonds is 10. The van der Waals surface area contributed by atoms with E-state index in [0.717, 1.165) is 36.3 Å². The zero-order valence-electron chi connectivity index (χ0n) is 16.7. The third-order valence-corrected chi connectivity index (χ3v) is 4.52. The van der Waals surface area contributed by atoms with Crippen molar-refractivity contribution in [2.24, 2.45) is 0 Å². The number of aromatic nitrogens is 2. The number of hydrogen-bond donors (Lipinski definition) is 1. The van der Waals surface area contributed by atoms with Gasteiger partial charge in [0.1, 0.15) is 17.9 Å². The van der Waals surface area contributed by atoms with Gasteiger partial charge in [0.15, 0.2) is 0 Å². The van der Waals surface area contributed by atoms with E-state index in [-0.39, 0.29) is 12.3 Å². The molecule has 1 heterocycles. The fraction of sp³-hybridized carbons (Fsp3) is 0.318. The topological polar surface area (TPSA) is 86.5 Å². The number of amides is 1. The van der Waals surface area contributed by atoms with Crippen LogP contribution >= 0.6 is 0 Å². The Morgan fingerprint density at radius 1 is 1.03 bits per heavy atom. The molecule has 0 unspecified atom stereocenters. The average molecular weight is 395 g/mol. The highest BCUT2D eigenvalue weighted by Gasteiger charge is 2.12. The molecule has 0 aliphatic carbocycles. The predicted molar refractivity (Wildman–Crippen MR) is 109 cm³/mol. The Morgan fingerprint density at radius 3 is 2.59 bits per heavy atom. The first-order valence-electron chi connectivity index (χ1n) is 9.55. The fourth-order valence-corrected chi connectivity index (χ4v) is 2.96. The van der Waals surface area contributed by atoms with E-state index in [1.54, 1.807) is 14.2 Å². The van der Waals surface area contributed by atoms with Crippen LogP contribution in [0, 0.1) is 0 Å². The van der Waals surface area contributed by atoms with Crippen molar-refractivity contribution in [1.29, 1.82) is 0 Å². The van der Waals surface area contributed by atoms with Crippen molar-refractivity contribution in [3.63, 3.8) is 0 Å². The first-order chi connectivity index (χ1) is 14.2. The van der Waals surface area contributed by atoms with Gasteiger partial charge in [-0.05, 0) is 55.2 Å². The van der Waals surface area contributed by atoms with Crippen molar-refractivity contribution in [3.8, 4) is 22.9 Å². The summed E-state index contributed by atoms with van der Waals surface area (Å²) in [4.78, 5) is 16.4. The van der Waals surface area contributed by atoms with E-state index >= 15 is 0 Å². The number of para-hydroxylation sites is 1. The summed E-state index contributed by atoms with van der Waals surface area (Å²) >= 11 is 0. The quantitative estimate of drug-likeness (QED) is 0.529. The molecular weight excluding hydrogens is 370 g/mol. The van der Waals surface area contributed by atoms with E-state index in [1.807, 2.05) is 42.5 Å². The maximum atomic E-state index is 12.1. The van der Waals surface area contributed by atoms with Crippen molar-refractivity contribution >= 4 is 5.91 Å². The number of benzene rings is 2. The maximum absolute atomic E-state index is 12.1. The molecule has 3 rings (SSSR count). The highest BCUT2D eigenvalue weighted by molar-refractivity contribution is 5.77. The summed E-state index contributed by atoms with van der Waals surface area (Å²) < 4.78 is 15.7. The summed E-state index contributed by atoms with van der Waals surface area (Å²) in [6.45, 7) is 0.605. The first kappa shape index (κ1) is 20.4. The van der Waals surface area contributed by atoms with Crippen LogP contribution in [0.2, 0.25) is 0 Å². The van der Waals surface area contributed by atoms with Gasteiger partial charge in [0.2, 0.25) is 17.6 Å². The summed E-state index contributed by atoms with van der Waals surface area (Å²) in [6, 6.07) is 15.3. The zero-order chi connectivity index (χ0) is 20.5. The molecule has 29 heavy (non-hydrogen) atoms. The van der Waals surface area contributed by atoms with Gasteiger partial charge in [0.05, 0.1) is 14.2 Å². The van der Waals surface area contributed by atoms with Crippen molar-refractivity contribution in [2.75, 3.05) is 20.8 Å². The molecule has 0 aliphatic heterocycles. The van der Waals surface area contributed by atoms with Crippen LogP contribution in [-0.4, -0.2) is 36.8 Å². The summed E-state index contributed by atoms with van der Waals surface area (Å²) in [5.41, 5.74) is 1.98. The summed E-state index contributed by atoms with van der Waals surface area (Å²) in [7, 11) is 3.29. The first-order valence-corrected chi connectivity index (χ1v) is 9.55. The maximum Gasteiger partial charge on any atom is 0.236 e. The van der Waals surface area contributed by atoms with Gasteiger partial charge in [-0.2, -0.15) is 4.98 Å². The number of ether oxygens (including phenoxy) is 2. The Bertz CT molecular complexity index is 922. The lowest BCUT2D eigenvalue weighted by molar-refractivity contribution is -0.120. The number of nitrogens with zero attached hydrogens (tertiary/aromatic N) is 2. The molecule has 2 aromatic carbocycles. The molecule has 0 aliphatic rings. The highest BCUT2D eigenvalue weighted by atomic mass is 16.5. The van der Waals surface area contributed by atoms with E-state index < -0.39 is 0 Å². The zero-order valence-corrected chi connectivity index (χ0v) is 16.7. The van der Waals surface area contributed by atoms with Crippen LogP contribution < -0.4 is 14.8 Å². The van der Waals surface area contributed by atoms with Gasteiger partial charge in [-0.15, -0.1) is 0 Å². The van der Waals surface area contributed by atoms with E-state index in [4.69, 9.17) is 14.0 Å². The van der Waals surface area contributed by atoms with Crippen molar-refractivity contribution in [1.82, 2.24) is 15.5 Å². The van der Waals surface area contributed by atoms with Gasteiger partial charge < -0.3 is 19.3 Å². The van der Waals surface area contributed by atoms with Gasteiger partial charge in [0.25, 0.3) is 0 Å². The van der Waals surface area contributed by atoms with Gasteiger partial charge in [-0.25, -0.2) is 0 Å². The second kappa shape index (κ2) is 10.3. The number of methoxy groups -OCH3 is 2. The Labute approximate surface area is 170 Å². The van der Waals surface area contributed by atoms with E-state index in [2.05, 4.69) is 21.5 Å². The van der Waals surface area contributed by atoms with Gasteiger partial charge in [-0.1, -0.05) is 23.4 Å². The Morgan fingerprint density at radius 2 is 1.83 bits per heavy atom. The van der Waals surface area contributed by atoms with Crippen molar-refractivity contribution in [3.05, 3.63) is 60.0 Å². The van der Waals surface area contributed by atoms with Gasteiger partial charge in [-0.3, -0.25) is 4.79 Å². The monoisotopic (exact) mass is 395 g/mol. The summed E-state index contributed by atoms with van der Waals surface area (Å²) in [5, 5.41) is 6.83. The Balaban J connectivity index is 1.40. The van der Waals surface area contributed by atoms with E-state index in [0.29, 0.717) is 18.3 Å². The molecular formula is C22H25N3O4.